The standard InChI is InChI=1S/C34H38FN9O4/c1-21-14-30(27(35)17-44(21)33(46)28-7-9-31(45)40-28)48-29-8-2-22(15-23(29)16-36)32-37-20-38-34(41-32)39-24-3-5-25(6-4-24)42-10-12-43(13-11-42)26-18-47-19-26/h2-6,8,15,20-21,26-28,30H,7,9-14,17-19H2,1H3,(H,40,45)(H,37,38,39,41)/t21-,27?,28-,30-/m0/s1. The molecule has 1 unspecified atom stereocenters. The van der Waals surface area contributed by atoms with Crippen LogP contribution in [0, 0.1) is 11.3 Å². The summed E-state index contributed by atoms with van der Waals surface area (Å²) in [6.07, 6.45) is 0.0584. The maximum Gasteiger partial charge on any atom is 0.245 e. The van der Waals surface area contributed by atoms with Gasteiger partial charge in [-0.2, -0.15) is 10.2 Å². The molecule has 5 heterocycles. The summed E-state index contributed by atoms with van der Waals surface area (Å²) >= 11 is 0. The molecule has 4 saturated heterocycles. The van der Waals surface area contributed by atoms with Gasteiger partial charge in [-0.05, 0) is 55.8 Å². The largest absolute Gasteiger partial charge is 0.486 e. The van der Waals surface area contributed by atoms with E-state index in [9.17, 15) is 14.9 Å². The van der Waals surface area contributed by atoms with E-state index in [-0.39, 0.29) is 42.1 Å². The van der Waals surface area contributed by atoms with E-state index < -0.39 is 18.3 Å². The number of halogens is 1. The Balaban J connectivity index is 0.969. The number of alkyl halides is 1. The Bertz CT molecular complexity index is 1690. The highest BCUT2D eigenvalue weighted by Crippen LogP contribution is 2.31. The van der Waals surface area contributed by atoms with E-state index in [0.717, 1.165) is 45.1 Å². The molecule has 0 radical (unpaired) electrons. The van der Waals surface area contributed by atoms with E-state index in [1.807, 2.05) is 19.1 Å². The summed E-state index contributed by atoms with van der Waals surface area (Å²) in [6.45, 7) is 7.39. The van der Waals surface area contributed by atoms with Crippen LogP contribution in [0.25, 0.3) is 11.4 Å². The number of hydrogen-bond acceptors (Lipinski definition) is 11. The number of amides is 2. The second kappa shape index (κ2) is 13.7. The van der Waals surface area contributed by atoms with Crippen LogP contribution in [0.3, 0.4) is 0 Å². The number of hydrogen-bond donors (Lipinski definition) is 2. The van der Waals surface area contributed by atoms with E-state index in [4.69, 9.17) is 9.47 Å². The molecular weight excluding hydrogens is 617 g/mol. The predicted molar refractivity (Wildman–Crippen MR) is 174 cm³/mol. The van der Waals surface area contributed by atoms with Crippen LogP contribution in [0.2, 0.25) is 0 Å². The van der Waals surface area contributed by atoms with Crippen LogP contribution in [-0.2, 0) is 14.3 Å². The molecule has 14 heteroatoms. The van der Waals surface area contributed by atoms with E-state index in [1.165, 1.54) is 16.9 Å². The van der Waals surface area contributed by atoms with Crippen LogP contribution in [-0.4, -0.2) is 113 Å². The number of anilines is 3. The first-order chi connectivity index (χ1) is 23.3. The Morgan fingerprint density at radius 2 is 1.92 bits per heavy atom. The summed E-state index contributed by atoms with van der Waals surface area (Å²) in [5.41, 5.74) is 2.79. The third-order valence-electron chi connectivity index (χ3n) is 9.60. The number of rotatable bonds is 8. The third-order valence-corrected chi connectivity index (χ3v) is 9.60. The fourth-order valence-electron chi connectivity index (χ4n) is 6.71. The molecule has 2 N–H and O–H groups in total. The van der Waals surface area contributed by atoms with Crippen molar-refractivity contribution in [2.75, 3.05) is 56.2 Å². The number of piperazine rings is 1. The summed E-state index contributed by atoms with van der Waals surface area (Å²) in [7, 11) is 0. The van der Waals surface area contributed by atoms with Crippen LogP contribution in [0.5, 0.6) is 5.75 Å². The minimum Gasteiger partial charge on any atom is -0.486 e. The maximum absolute atomic E-state index is 15.3. The summed E-state index contributed by atoms with van der Waals surface area (Å²) in [4.78, 5) is 44.0. The topological polar surface area (TPSA) is 149 Å². The molecule has 250 valence electrons. The van der Waals surface area contributed by atoms with Crippen LogP contribution in [0.4, 0.5) is 21.7 Å². The highest BCUT2D eigenvalue weighted by molar-refractivity contribution is 5.91. The monoisotopic (exact) mass is 655 g/mol. The smallest absolute Gasteiger partial charge is 0.245 e. The average Bonchev–Trinajstić information content (AvgIpc) is 3.52. The number of benzene rings is 2. The first-order valence-corrected chi connectivity index (χ1v) is 16.4. The van der Waals surface area contributed by atoms with Gasteiger partial charge in [0.05, 0.1) is 31.4 Å². The summed E-state index contributed by atoms with van der Waals surface area (Å²) < 4.78 is 26.7. The van der Waals surface area contributed by atoms with E-state index in [1.54, 1.807) is 18.2 Å². The first kappa shape index (κ1) is 31.7. The number of nitrogens with zero attached hydrogens (tertiary/aromatic N) is 7. The van der Waals surface area contributed by atoms with Crippen molar-refractivity contribution in [3.05, 3.63) is 54.4 Å². The summed E-state index contributed by atoms with van der Waals surface area (Å²) in [5, 5.41) is 15.8. The highest BCUT2D eigenvalue weighted by Gasteiger charge is 2.41. The predicted octanol–water partition coefficient (Wildman–Crippen LogP) is 2.66. The zero-order valence-corrected chi connectivity index (χ0v) is 26.7. The highest BCUT2D eigenvalue weighted by atomic mass is 19.1. The van der Waals surface area contributed by atoms with Gasteiger partial charge in [0, 0.05) is 62.0 Å². The van der Waals surface area contributed by atoms with Crippen LogP contribution < -0.4 is 20.3 Å². The second-order valence-electron chi connectivity index (χ2n) is 12.7. The number of carbonyl (C=O) groups excluding carboxylic acids is 2. The molecule has 0 spiro atoms. The zero-order valence-electron chi connectivity index (χ0n) is 26.7. The molecule has 4 aliphatic rings. The fourth-order valence-corrected chi connectivity index (χ4v) is 6.71. The molecule has 0 aliphatic carbocycles. The number of nitrogens with one attached hydrogen (secondary N) is 2. The van der Waals surface area contributed by atoms with Gasteiger partial charge >= 0.3 is 0 Å². The van der Waals surface area contributed by atoms with Gasteiger partial charge in [0.15, 0.2) is 12.0 Å². The van der Waals surface area contributed by atoms with Crippen molar-refractivity contribution in [2.24, 2.45) is 0 Å². The molecule has 0 saturated carbocycles. The summed E-state index contributed by atoms with van der Waals surface area (Å²) in [5.74, 6) is 0.526. The number of nitriles is 1. The third kappa shape index (κ3) is 6.74. The number of carbonyl (C=O) groups is 2. The fraction of sp³-hybridized carbons (Fsp3) is 0.471. The SMILES string of the molecule is C[C@H]1C[C@H](Oc2ccc(-c3ncnc(Nc4ccc(N5CCN(C6COC6)CC5)cc4)n3)cc2C#N)C(F)CN1C(=O)[C@@H]1CCC(=O)N1. The van der Waals surface area contributed by atoms with Crippen molar-refractivity contribution in [1.29, 1.82) is 5.26 Å². The summed E-state index contributed by atoms with van der Waals surface area (Å²) in [6, 6.07) is 14.9. The molecule has 4 fully saturated rings. The van der Waals surface area contributed by atoms with Gasteiger partial charge in [0.2, 0.25) is 17.8 Å². The lowest BCUT2D eigenvalue weighted by molar-refractivity contribution is -0.141. The Morgan fingerprint density at radius 1 is 1.12 bits per heavy atom. The van der Waals surface area contributed by atoms with E-state index in [2.05, 4.69) is 53.6 Å². The molecule has 1 aromatic heterocycles. The van der Waals surface area contributed by atoms with Crippen molar-refractivity contribution in [1.82, 2.24) is 30.1 Å². The Hall–Kier alpha value is -4.87. The quantitative estimate of drug-likeness (QED) is 0.369. The number of likely N-dealkylation sites (tertiary alicyclic amines) is 1. The van der Waals surface area contributed by atoms with E-state index >= 15 is 4.39 Å². The normalized spacial score (nSPS) is 24.8. The molecule has 0 bridgehead atoms. The van der Waals surface area contributed by atoms with Gasteiger partial charge in [0.25, 0.3) is 0 Å². The molecule has 2 aromatic carbocycles. The lowest BCUT2D eigenvalue weighted by Crippen LogP contribution is -2.57. The van der Waals surface area contributed by atoms with Crippen LogP contribution in [0.1, 0.15) is 31.7 Å². The molecule has 7 rings (SSSR count). The minimum absolute atomic E-state index is 0.145. The molecule has 4 aliphatic heterocycles. The van der Waals surface area contributed by atoms with Crippen LogP contribution >= 0.6 is 0 Å². The van der Waals surface area contributed by atoms with Crippen LogP contribution in [0.15, 0.2) is 48.8 Å². The lowest BCUT2D eigenvalue weighted by Gasteiger charge is -2.43. The number of aromatic nitrogens is 3. The van der Waals surface area contributed by atoms with Gasteiger partial charge in [0.1, 0.15) is 30.3 Å². The Labute approximate surface area is 278 Å². The van der Waals surface area contributed by atoms with Crippen molar-refractivity contribution in [3.63, 3.8) is 0 Å². The second-order valence-corrected chi connectivity index (χ2v) is 12.7. The van der Waals surface area contributed by atoms with Crippen molar-refractivity contribution in [3.8, 4) is 23.2 Å². The van der Waals surface area contributed by atoms with Crippen molar-refractivity contribution in [2.45, 2.75) is 56.6 Å². The molecule has 48 heavy (non-hydrogen) atoms. The maximum atomic E-state index is 15.3. The van der Waals surface area contributed by atoms with Gasteiger partial charge < -0.3 is 29.9 Å². The minimum atomic E-state index is -1.46. The van der Waals surface area contributed by atoms with E-state index in [0.29, 0.717) is 36.2 Å². The van der Waals surface area contributed by atoms with Crippen molar-refractivity contribution >= 4 is 29.1 Å². The number of piperidine rings is 1. The average molecular weight is 656 g/mol. The molecule has 4 atom stereocenters. The lowest BCUT2D eigenvalue weighted by atomic mass is 9.97. The number of ether oxygens (including phenoxy) is 2. The van der Waals surface area contributed by atoms with Gasteiger partial charge in [-0.15, -0.1) is 0 Å². The molecule has 2 amide bonds. The van der Waals surface area contributed by atoms with Gasteiger partial charge in [-0.25, -0.2) is 14.4 Å². The molecule has 3 aromatic rings. The molecular formula is C34H38FN9O4. The first-order valence-electron chi connectivity index (χ1n) is 16.4. The zero-order chi connectivity index (χ0) is 33.2. The van der Waals surface area contributed by atoms with Gasteiger partial charge in [-0.3, -0.25) is 14.5 Å². The Morgan fingerprint density at radius 3 is 2.60 bits per heavy atom. The Kier molecular flexibility index (Phi) is 9.05. The van der Waals surface area contributed by atoms with Crippen molar-refractivity contribution < 1.29 is 23.5 Å². The molecule has 13 nitrogen and oxygen atoms in total. The van der Waals surface area contributed by atoms with Gasteiger partial charge in [-0.1, -0.05) is 0 Å².